The summed E-state index contributed by atoms with van der Waals surface area (Å²) in [4.78, 5) is 31.6. The number of urea groups is 1. The number of para-hydroxylation sites is 2. The van der Waals surface area contributed by atoms with Crippen LogP contribution < -0.4 is 19.9 Å². The fourth-order valence-corrected chi connectivity index (χ4v) is 6.29. The van der Waals surface area contributed by atoms with Gasteiger partial charge in [-0.2, -0.15) is 0 Å². The van der Waals surface area contributed by atoms with Gasteiger partial charge in [0.2, 0.25) is 11.0 Å². The van der Waals surface area contributed by atoms with E-state index in [1.54, 1.807) is 28.7 Å². The second-order valence-corrected chi connectivity index (χ2v) is 10.4. The number of aromatic nitrogens is 2. The number of hydrogen-bond donors (Lipinski definition) is 1. The Balaban J connectivity index is 1.20. The average molecular weight is 516 g/mol. The van der Waals surface area contributed by atoms with Gasteiger partial charge < -0.3 is 9.64 Å². The van der Waals surface area contributed by atoms with Gasteiger partial charge in [-0.1, -0.05) is 47.4 Å². The van der Waals surface area contributed by atoms with Crippen LogP contribution in [-0.4, -0.2) is 35.8 Å². The molecule has 1 N–H and O–H groups in total. The fraction of sp³-hybridized carbons (Fsp3) is 0.154. The molecular weight excluding hydrogens is 494 g/mol. The number of fused-ring (bicyclic) bond motifs is 2. The summed E-state index contributed by atoms with van der Waals surface area (Å²) in [5.41, 5.74) is 2.46. The van der Waals surface area contributed by atoms with Gasteiger partial charge in [-0.05, 0) is 48.5 Å². The van der Waals surface area contributed by atoms with Crippen LogP contribution in [0.3, 0.4) is 0 Å². The van der Waals surface area contributed by atoms with Gasteiger partial charge >= 0.3 is 6.03 Å². The van der Waals surface area contributed by atoms with Crippen molar-refractivity contribution in [1.29, 1.82) is 0 Å². The molecule has 1 saturated heterocycles. The molecule has 0 bridgehead atoms. The molecule has 8 nitrogen and oxygen atoms in total. The smallest absolute Gasteiger partial charge is 0.332 e. The highest BCUT2D eigenvalue weighted by atomic mass is 32.2. The largest absolute Gasteiger partial charge is 0.497 e. The van der Waals surface area contributed by atoms with Crippen molar-refractivity contribution in [2.45, 2.75) is 22.1 Å². The summed E-state index contributed by atoms with van der Waals surface area (Å²) in [6.45, 7) is 0.512. The molecule has 2 aliphatic heterocycles. The SMILES string of the molecule is COc1ccc(N2CC(c3nnc(NC(=O)N4c5ccccc5Sc5ccccc54)s3)CC2=O)cc1. The molecule has 1 aromatic heterocycles. The molecule has 36 heavy (non-hydrogen) atoms. The maximum Gasteiger partial charge on any atom is 0.332 e. The molecule has 4 aromatic rings. The molecule has 3 heterocycles. The molecule has 1 unspecified atom stereocenters. The van der Waals surface area contributed by atoms with E-state index in [2.05, 4.69) is 15.5 Å². The minimum absolute atomic E-state index is 0.0324. The number of benzene rings is 3. The number of carbonyl (C=O) groups is 2. The highest BCUT2D eigenvalue weighted by Crippen LogP contribution is 2.48. The molecule has 2 aliphatic rings. The summed E-state index contributed by atoms with van der Waals surface area (Å²) in [6.07, 6.45) is 0.346. The van der Waals surface area contributed by atoms with E-state index in [0.717, 1.165) is 37.6 Å². The molecule has 0 spiro atoms. The van der Waals surface area contributed by atoms with E-state index in [9.17, 15) is 9.59 Å². The lowest BCUT2D eigenvalue weighted by Crippen LogP contribution is -2.32. The molecular formula is C26H21N5O3S2. The predicted octanol–water partition coefficient (Wildman–Crippen LogP) is 5.90. The van der Waals surface area contributed by atoms with Crippen molar-refractivity contribution in [3.63, 3.8) is 0 Å². The highest BCUT2D eigenvalue weighted by molar-refractivity contribution is 7.99. The summed E-state index contributed by atoms with van der Waals surface area (Å²) < 4.78 is 5.21. The third kappa shape index (κ3) is 4.08. The molecule has 0 saturated carbocycles. The van der Waals surface area contributed by atoms with Crippen LogP contribution in [0, 0.1) is 0 Å². The second kappa shape index (κ2) is 9.29. The van der Waals surface area contributed by atoms with Crippen LogP contribution in [0.1, 0.15) is 17.3 Å². The molecule has 10 heteroatoms. The highest BCUT2D eigenvalue weighted by Gasteiger charge is 2.34. The Morgan fingerprint density at radius 3 is 2.31 bits per heavy atom. The zero-order chi connectivity index (χ0) is 24.6. The van der Waals surface area contributed by atoms with Gasteiger partial charge in [-0.25, -0.2) is 4.79 Å². The van der Waals surface area contributed by atoms with Gasteiger partial charge in [0.1, 0.15) is 10.8 Å². The van der Waals surface area contributed by atoms with Gasteiger partial charge in [0.25, 0.3) is 0 Å². The molecule has 180 valence electrons. The van der Waals surface area contributed by atoms with E-state index < -0.39 is 0 Å². The molecule has 1 fully saturated rings. The molecule has 0 radical (unpaired) electrons. The number of carbonyl (C=O) groups excluding carboxylic acids is 2. The van der Waals surface area contributed by atoms with Crippen molar-refractivity contribution in [2.24, 2.45) is 0 Å². The standard InChI is InChI=1S/C26H21N5O3S2/c1-34-18-12-10-17(11-13-18)30-15-16(14-23(30)32)24-28-29-25(36-24)27-26(33)31-19-6-2-4-8-21(19)35-22-9-5-3-7-20(22)31/h2-13,16H,14-15H2,1H3,(H,27,29,33). The Hall–Kier alpha value is -3.89. The first-order valence-electron chi connectivity index (χ1n) is 11.4. The van der Waals surface area contributed by atoms with Gasteiger partial charge in [-0.3, -0.25) is 15.0 Å². The van der Waals surface area contributed by atoms with Crippen LogP contribution in [0.5, 0.6) is 5.75 Å². The Kier molecular flexibility index (Phi) is 5.82. The van der Waals surface area contributed by atoms with Gasteiger partial charge in [-0.15, -0.1) is 10.2 Å². The van der Waals surface area contributed by atoms with Crippen LogP contribution in [0.15, 0.2) is 82.6 Å². The average Bonchev–Trinajstić information content (AvgIpc) is 3.53. The molecule has 3 amide bonds. The number of amides is 3. The Morgan fingerprint density at radius 2 is 1.64 bits per heavy atom. The Morgan fingerprint density at radius 1 is 0.972 bits per heavy atom. The summed E-state index contributed by atoms with van der Waals surface area (Å²) in [7, 11) is 1.61. The third-order valence-electron chi connectivity index (χ3n) is 6.15. The van der Waals surface area contributed by atoms with Crippen molar-refractivity contribution < 1.29 is 14.3 Å². The number of methoxy groups -OCH3 is 1. The monoisotopic (exact) mass is 515 g/mol. The normalized spacial score (nSPS) is 16.5. The van der Waals surface area contributed by atoms with Crippen molar-refractivity contribution >= 4 is 57.2 Å². The molecule has 6 rings (SSSR count). The van der Waals surface area contributed by atoms with Crippen LogP contribution in [0.2, 0.25) is 0 Å². The third-order valence-corrected chi connectivity index (χ3v) is 8.28. The number of nitrogens with one attached hydrogen (secondary N) is 1. The fourth-order valence-electron chi connectivity index (χ4n) is 4.41. The lowest BCUT2D eigenvalue weighted by molar-refractivity contribution is -0.117. The van der Waals surface area contributed by atoms with Crippen LogP contribution in [0.4, 0.5) is 27.0 Å². The van der Waals surface area contributed by atoms with Gasteiger partial charge in [0.05, 0.1) is 18.5 Å². The van der Waals surface area contributed by atoms with Crippen molar-refractivity contribution in [1.82, 2.24) is 10.2 Å². The summed E-state index contributed by atoms with van der Waals surface area (Å²) in [6, 6.07) is 22.8. The maximum atomic E-state index is 13.4. The Labute approximate surface area is 215 Å². The minimum atomic E-state index is -0.305. The van der Waals surface area contributed by atoms with Crippen LogP contribution >= 0.6 is 23.1 Å². The van der Waals surface area contributed by atoms with E-state index in [0.29, 0.717) is 18.1 Å². The summed E-state index contributed by atoms with van der Waals surface area (Å²) in [5.74, 6) is 0.685. The summed E-state index contributed by atoms with van der Waals surface area (Å²) in [5, 5.41) is 12.6. The van der Waals surface area contributed by atoms with Gasteiger partial charge in [0.15, 0.2) is 0 Å². The summed E-state index contributed by atoms with van der Waals surface area (Å²) >= 11 is 2.95. The minimum Gasteiger partial charge on any atom is -0.497 e. The predicted molar refractivity (Wildman–Crippen MR) is 141 cm³/mol. The topological polar surface area (TPSA) is 87.7 Å². The first kappa shape index (κ1) is 22.6. The number of hydrogen-bond acceptors (Lipinski definition) is 7. The van der Waals surface area contributed by atoms with Crippen molar-refractivity contribution in [2.75, 3.05) is 28.8 Å². The number of anilines is 4. The Bertz CT molecular complexity index is 1410. The van der Waals surface area contributed by atoms with E-state index in [4.69, 9.17) is 4.74 Å². The molecule has 1 atom stereocenters. The molecule has 3 aromatic carbocycles. The number of nitrogens with zero attached hydrogens (tertiary/aromatic N) is 4. The second-order valence-electron chi connectivity index (χ2n) is 8.35. The quantitative estimate of drug-likeness (QED) is 0.364. The van der Waals surface area contributed by atoms with E-state index in [-0.39, 0.29) is 17.9 Å². The van der Waals surface area contributed by atoms with Crippen LogP contribution in [0.25, 0.3) is 0 Å². The van der Waals surface area contributed by atoms with E-state index in [1.807, 2.05) is 72.8 Å². The zero-order valence-corrected chi connectivity index (χ0v) is 20.9. The maximum absolute atomic E-state index is 13.4. The number of rotatable bonds is 4. The lowest BCUT2D eigenvalue weighted by atomic mass is 10.1. The number of ether oxygens (including phenoxy) is 1. The van der Waals surface area contributed by atoms with Crippen molar-refractivity contribution in [3.8, 4) is 5.75 Å². The van der Waals surface area contributed by atoms with E-state index in [1.165, 1.54) is 11.3 Å². The van der Waals surface area contributed by atoms with Crippen LogP contribution in [-0.2, 0) is 4.79 Å². The van der Waals surface area contributed by atoms with E-state index >= 15 is 0 Å². The first-order chi connectivity index (χ1) is 17.6. The lowest BCUT2D eigenvalue weighted by Gasteiger charge is -2.30. The van der Waals surface area contributed by atoms with Gasteiger partial charge in [0, 0.05) is 34.4 Å². The molecule has 0 aliphatic carbocycles. The van der Waals surface area contributed by atoms with Crippen molar-refractivity contribution in [3.05, 3.63) is 77.8 Å². The first-order valence-corrected chi connectivity index (χ1v) is 13.0. The zero-order valence-electron chi connectivity index (χ0n) is 19.2.